The van der Waals surface area contributed by atoms with E-state index in [4.69, 9.17) is 4.74 Å². The number of ether oxygens (including phenoxy) is 1. The molecular formula is C17H19NO2. The van der Waals surface area contributed by atoms with Crippen LogP contribution in [0.1, 0.15) is 17.5 Å². The first-order valence-electron chi connectivity index (χ1n) is 6.83. The molecule has 1 N–H and O–H groups in total. The molecule has 0 aliphatic carbocycles. The molecule has 1 atom stereocenters. The first-order chi connectivity index (χ1) is 9.66. The molecule has 0 radical (unpaired) electrons. The Hall–Kier alpha value is -2.00. The molecule has 0 saturated heterocycles. The van der Waals surface area contributed by atoms with E-state index in [0.29, 0.717) is 6.42 Å². The Labute approximate surface area is 119 Å². The highest BCUT2D eigenvalue weighted by molar-refractivity contribution is 5.68. The van der Waals surface area contributed by atoms with E-state index in [1.54, 1.807) is 7.11 Å². The average Bonchev–Trinajstić information content (AvgIpc) is 2.51. The highest BCUT2D eigenvalue weighted by Crippen LogP contribution is 2.46. The molecular weight excluding hydrogens is 250 g/mol. The van der Waals surface area contributed by atoms with Crippen LogP contribution in [0.25, 0.3) is 0 Å². The molecule has 0 fully saturated rings. The smallest absolute Gasteiger partial charge is 0.142 e. The Morgan fingerprint density at radius 3 is 2.55 bits per heavy atom. The van der Waals surface area contributed by atoms with Crippen molar-refractivity contribution in [1.82, 2.24) is 0 Å². The third-order valence-corrected chi connectivity index (χ3v) is 4.11. The molecule has 2 aromatic rings. The third-order valence-electron chi connectivity index (χ3n) is 4.11. The van der Waals surface area contributed by atoms with Crippen molar-refractivity contribution in [2.75, 3.05) is 25.6 Å². The zero-order valence-electron chi connectivity index (χ0n) is 11.8. The summed E-state index contributed by atoms with van der Waals surface area (Å²) in [7, 11) is 3.70. The van der Waals surface area contributed by atoms with E-state index in [1.165, 1.54) is 0 Å². The Balaban J connectivity index is 2.21. The standard InChI is InChI=1S/C17H19NO2/c1-18-12-11-17(19,13-7-4-3-5-8-13)14-9-6-10-15(20-2)16(14)18/h3-10,19H,11-12H2,1-2H3/t17-/m1/s1. The molecule has 3 rings (SSSR count). The molecule has 0 bridgehead atoms. The van der Waals surface area contributed by atoms with Crippen LogP contribution in [0, 0.1) is 0 Å². The van der Waals surface area contributed by atoms with Gasteiger partial charge >= 0.3 is 0 Å². The highest BCUT2D eigenvalue weighted by Gasteiger charge is 2.39. The van der Waals surface area contributed by atoms with Gasteiger partial charge in [0.25, 0.3) is 0 Å². The van der Waals surface area contributed by atoms with E-state index in [0.717, 1.165) is 29.1 Å². The van der Waals surface area contributed by atoms with Crippen LogP contribution in [0.5, 0.6) is 5.75 Å². The number of rotatable bonds is 2. The number of anilines is 1. The van der Waals surface area contributed by atoms with Gasteiger partial charge in [-0.2, -0.15) is 0 Å². The van der Waals surface area contributed by atoms with E-state index in [9.17, 15) is 5.11 Å². The lowest BCUT2D eigenvalue weighted by atomic mass is 9.80. The molecule has 2 aromatic carbocycles. The maximum absolute atomic E-state index is 11.3. The van der Waals surface area contributed by atoms with E-state index in [2.05, 4.69) is 4.90 Å². The summed E-state index contributed by atoms with van der Waals surface area (Å²) in [5, 5.41) is 11.3. The Bertz CT molecular complexity index is 612. The van der Waals surface area contributed by atoms with Crippen LogP contribution in [0.4, 0.5) is 5.69 Å². The van der Waals surface area contributed by atoms with Gasteiger partial charge in [-0.1, -0.05) is 42.5 Å². The SMILES string of the molecule is COc1cccc2c1N(C)CC[C@@]2(O)c1ccccc1. The van der Waals surface area contributed by atoms with Gasteiger partial charge in [0.1, 0.15) is 11.4 Å². The van der Waals surface area contributed by atoms with Crippen molar-refractivity contribution >= 4 is 5.69 Å². The van der Waals surface area contributed by atoms with E-state index >= 15 is 0 Å². The molecule has 3 nitrogen and oxygen atoms in total. The van der Waals surface area contributed by atoms with E-state index < -0.39 is 5.60 Å². The number of methoxy groups -OCH3 is 1. The minimum Gasteiger partial charge on any atom is -0.495 e. The van der Waals surface area contributed by atoms with Gasteiger partial charge in [0.2, 0.25) is 0 Å². The van der Waals surface area contributed by atoms with Gasteiger partial charge in [-0.25, -0.2) is 0 Å². The molecule has 0 spiro atoms. The van der Waals surface area contributed by atoms with Crippen LogP contribution in [-0.4, -0.2) is 25.8 Å². The number of para-hydroxylation sites is 1. The third kappa shape index (κ3) is 1.86. The first-order valence-corrected chi connectivity index (χ1v) is 6.83. The summed E-state index contributed by atoms with van der Waals surface area (Å²) in [6.07, 6.45) is 0.674. The fourth-order valence-electron chi connectivity index (χ4n) is 3.00. The maximum Gasteiger partial charge on any atom is 0.142 e. The quantitative estimate of drug-likeness (QED) is 0.910. The topological polar surface area (TPSA) is 32.7 Å². The summed E-state index contributed by atoms with van der Waals surface area (Å²) >= 11 is 0. The zero-order chi connectivity index (χ0) is 14.2. The number of nitrogens with zero attached hydrogens (tertiary/aromatic N) is 1. The van der Waals surface area contributed by atoms with Crippen LogP contribution in [-0.2, 0) is 5.60 Å². The molecule has 0 saturated carbocycles. The molecule has 3 heteroatoms. The number of hydrogen-bond acceptors (Lipinski definition) is 3. The van der Waals surface area contributed by atoms with Crippen LogP contribution < -0.4 is 9.64 Å². The van der Waals surface area contributed by atoms with Crippen LogP contribution in [0.15, 0.2) is 48.5 Å². The Morgan fingerprint density at radius 1 is 1.10 bits per heavy atom. The lowest BCUT2D eigenvalue weighted by molar-refractivity contribution is 0.0688. The molecule has 0 unspecified atom stereocenters. The van der Waals surface area contributed by atoms with E-state index in [1.807, 2.05) is 55.6 Å². The first kappa shape index (κ1) is 13.0. The summed E-state index contributed by atoms with van der Waals surface area (Å²) in [6.45, 7) is 0.790. The number of aliphatic hydroxyl groups is 1. The van der Waals surface area contributed by atoms with Gasteiger partial charge in [0.05, 0.1) is 12.8 Å². The van der Waals surface area contributed by atoms with Gasteiger partial charge in [-0.05, 0) is 11.6 Å². The predicted molar refractivity (Wildman–Crippen MR) is 80.3 cm³/mol. The van der Waals surface area contributed by atoms with Gasteiger partial charge in [-0.3, -0.25) is 0 Å². The van der Waals surface area contributed by atoms with Crippen molar-refractivity contribution < 1.29 is 9.84 Å². The monoisotopic (exact) mass is 269 g/mol. The average molecular weight is 269 g/mol. The summed E-state index contributed by atoms with van der Waals surface area (Å²) in [5.41, 5.74) is 1.88. The van der Waals surface area contributed by atoms with E-state index in [-0.39, 0.29) is 0 Å². The fourth-order valence-corrected chi connectivity index (χ4v) is 3.00. The molecule has 1 heterocycles. The van der Waals surface area contributed by atoms with Crippen molar-refractivity contribution in [3.05, 3.63) is 59.7 Å². The van der Waals surface area contributed by atoms with Crippen LogP contribution >= 0.6 is 0 Å². The van der Waals surface area contributed by atoms with Crippen molar-refractivity contribution in [2.45, 2.75) is 12.0 Å². The predicted octanol–water partition coefficient (Wildman–Crippen LogP) is 2.77. The molecule has 0 amide bonds. The lowest BCUT2D eigenvalue weighted by Crippen LogP contribution is -2.39. The van der Waals surface area contributed by atoms with Gasteiger partial charge < -0.3 is 14.7 Å². The molecule has 104 valence electrons. The molecule has 20 heavy (non-hydrogen) atoms. The fraction of sp³-hybridized carbons (Fsp3) is 0.294. The van der Waals surface area contributed by atoms with Gasteiger partial charge in [0, 0.05) is 25.6 Å². The minimum absolute atomic E-state index is 0.674. The van der Waals surface area contributed by atoms with Crippen molar-refractivity contribution in [1.29, 1.82) is 0 Å². The second-order valence-corrected chi connectivity index (χ2v) is 5.25. The zero-order valence-corrected chi connectivity index (χ0v) is 11.8. The Kier molecular flexibility index (Phi) is 3.14. The van der Waals surface area contributed by atoms with Gasteiger partial charge in [0.15, 0.2) is 0 Å². The normalized spacial score (nSPS) is 21.4. The summed E-state index contributed by atoms with van der Waals surface area (Å²) in [4.78, 5) is 2.14. The van der Waals surface area contributed by atoms with Crippen molar-refractivity contribution in [3.63, 3.8) is 0 Å². The summed E-state index contributed by atoms with van der Waals surface area (Å²) in [5.74, 6) is 0.805. The molecule has 1 aliphatic rings. The molecule has 0 aromatic heterocycles. The van der Waals surface area contributed by atoms with Gasteiger partial charge in [-0.15, -0.1) is 0 Å². The van der Waals surface area contributed by atoms with Crippen LogP contribution in [0.3, 0.4) is 0 Å². The second-order valence-electron chi connectivity index (χ2n) is 5.25. The maximum atomic E-state index is 11.3. The van der Waals surface area contributed by atoms with Crippen LogP contribution in [0.2, 0.25) is 0 Å². The summed E-state index contributed by atoms with van der Waals surface area (Å²) in [6, 6.07) is 15.7. The lowest BCUT2D eigenvalue weighted by Gasteiger charge is -2.40. The number of benzene rings is 2. The summed E-state index contributed by atoms with van der Waals surface area (Å²) < 4.78 is 5.46. The molecule has 1 aliphatic heterocycles. The van der Waals surface area contributed by atoms with Crippen molar-refractivity contribution in [3.8, 4) is 5.75 Å². The largest absolute Gasteiger partial charge is 0.495 e. The van der Waals surface area contributed by atoms with Crippen molar-refractivity contribution in [2.24, 2.45) is 0 Å². The number of fused-ring (bicyclic) bond motifs is 1. The second kappa shape index (κ2) is 4.84. The minimum atomic E-state index is -0.947. The number of hydrogen-bond donors (Lipinski definition) is 1. The Morgan fingerprint density at radius 2 is 1.85 bits per heavy atom. The highest BCUT2D eigenvalue weighted by atomic mass is 16.5.